The second-order valence-electron chi connectivity index (χ2n) is 6.22. The van der Waals surface area contributed by atoms with Gasteiger partial charge in [-0.1, -0.05) is 12.1 Å². The molecule has 2 aromatic rings. The van der Waals surface area contributed by atoms with Crippen LogP contribution in [0.5, 0.6) is 5.75 Å². The zero-order chi connectivity index (χ0) is 18.0. The minimum absolute atomic E-state index is 0.0242. The van der Waals surface area contributed by atoms with Gasteiger partial charge in [-0.05, 0) is 37.5 Å². The molecule has 1 aromatic carbocycles. The fourth-order valence-corrected chi connectivity index (χ4v) is 2.78. The largest absolute Gasteiger partial charge is 0.497 e. The predicted octanol–water partition coefficient (Wildman–Crippen LogP) is 1.83. The number of ether oxygens (including phenoxy) is 1. The highest BCUT2D eigenvalue weighted by Gasteiger charge is 2.47. The molecule has 0 unspecified atom stereocenters. The first-order valence-corrected chi connectivity index (χ1v) is 7.97. The van der Waals surface area contributed by atoms with Gasteiger partial charge in [-0.25, -0.2) is 4.79 Å². The molecule has 0 radical (unpaired) electrons. The summed E-state index contributed by atoms with van der Waals surface area (Å²) < 4.78 is 10.4. The van der Waals surface area contributed by atoms with Crippen molar-refractivity contribution in [2.24, 2.45) is 0 Å². The van der Waals surface area contributed by atoms with Crippen LogP contribution in [0.3, 0.4) is 0 Å². The Morgan fingerprint density at radius 2 is 1.96 bits per heavy atom. The minimum Gasteiger partial charge on any atom is -0.497 e. The van der Waals surface area contributed by atoms with Gasteiger partial charge in [-0.15, -0.1) is 10.2 Å². The Morgan fingerprint density at radius 3 is 2.56 bits per heavy atom. The average Bonchev–Trinajstić information content (AvgIpc) is 3.10. The summed E-state index contributed by atoms with van der Waals surface area (Å²) in [6, 6.07) is 7.19. The number of aromatic nitrogens is 2. The van der Waals surface area contributed by atoms with Crippen LogP contribution in [0, 0.1) is 6.92 Å². The van der Waals surface area contributed by atoms with Gasteiger partial charge in [0.25, 0.3) is 5.91 Å². The van der Waals surface area contributed by atoms with Crippen molar-refractivity contribution in [3.05, 3.63) is 41.6 Å². The monoisotopic (exact) mass is 344 g/mol. The van der Waals surface area contributed by atoms with Crippen molar-refractivity contribution in [2.45, 2.75) is 38.8 Å². The summed E-state index contributed by atoms with van der Waals surface area (Å²) in [6.45, 7) is 3.36. The minimum atomic E-state index is -0.952. The first-order chi connectivity index (χ1) is 11.9. The summed E-state index contributed by atoms with van der Waals surface area (Å²) in [5, 5.41) is 10.3. The fraction of sp³-hybridized carbons (Fsp3) is 0.412. The van der Waals surface area contributed by atoms with Crippen molar-refractivity contribution in [2.75, 3.05) is 7.11 Å². The lowest BCUT2D eigenvalue weighted by molar-refractivity contribution is -0.131. The number of carbonyl (C=O) groups excluding carboxylic acids is 2. The number of carbonyl (C=O) groups is 2. The molecule has 0 bridgehead atoms. The third kappa shape index (κ3) is 3.47. The van der Waals surface area contributed by atoms with Gasteiger partial charge in [-0.2, -0.15) is 0 Å². The summed E-state index contributed by atoms with van der Waals surface area (Å²) in [5.74, 6) is 1.12. The molecule has 0 aliphatic carbocycles. The van der Waals surface area contributed by atoms with Gasteiger partial charge >= 0.3 is 6.03 Å². The normalized spacial score (nSPS) is 20.0. The smallest absolute Gasteiger partial charge is 0.325 e. The first-order valence-electron chi connectivity index (χ1n) is 7.97. The number of methoxy groups -OCH3 is 1. The molecule has 3 amide bonds. The maximum Gasteiger partial charge on any atom is 0.325 e. The van der Waals surface area contributed by atoms with E-state index < -0.39 is 11.6 Å². The third-order valence-corrected chi connectivity index (χ3v) is 4.28. The second kappa shape index (κ2) is 6.54. The molecule has 3 rings (SSSR count). The van der Waals surface area contributed by atoms with Crippen LogP contribution in [0.15, 0.2) is 28.7 Å². The Bertz CT molecular complexity index is 786. The zero-order valence-electron chi connectivity index (χ0n) is 14.4. The zero-order valence-corrected chi connectivity index (χ0v) is 14.4. The lowest BCUT2D eigenvalue weighted by atomic mass is 9.93. The van der Waals surface area contributed by atoms with Gasteiger partial charge in [0.15, 0.2) is 0 Å². The number of hydrogen-bond donors (Lipinski definition) is 1. The van der Waals surface area contributed by atoms with Crippen molar-refractivity contribution in [1.82, 2.24) is 20.4 Å². The van der Waals surface area contributed by atoms with Gasteiger partial charge in [0.05, 0.1) is 7.11 Å². The van der Waals surface area contributed by atoms with Crippen LogP contribution >= 0.6 is 0 Å². The molecule has 1 saturated heterocycles. The molecular formula is C17H20N4O4. The quantitative estimate of drug-likeness (QED) is 0.803. The fourth-order valence-electron chi connectivity index (χ4n) is 2.78. The Morgan fingerprint density at radius 1 is 1.24 bits per heavy atom. The van der Waals surface area contributed by atoms with Gasteiger partial charge in [0.1, 0.15) is 17.8 Å². The summed E-state index contributed by atoms with van der Waals surface area (Å²) in [7, 11) is 1.61. The number of nitrogens with zero attached hydrogens (tertiary/aromatic N) is 3. The molecule has 1 N–H and O–H groups in total. The third-order valence-electron chi connectivity index (χ3n) is 4.28. The second-order valence-corrected chi connectivity index (χ2v) is 6.22. The summed E-state index contributed by atoms with van der Waals surface area (Å²) >= 11 is 0. The van der Waals surface area contributed by atoms with Gasteiger partial charge < -0.3 is 14.5 Å². The number of nitrogens with one attached hydrogen (secondary N) is 1. The number of hydrogen-bond acceptors (Lipinski definition) is 6. The molecule has 1 aliphatic heterocycles. The molecule has 1 fully saturated rings. The molecule has 1 atom stereocenters. The average molecular weight is 344 g/mol. The Hall–Kier alpha value is -2.90. The van der Waals surface area contributed by atoms with Crippen LogP contribution < -0.4 is 10.1 Å². The topological polar surface area (TPSA) is 97.6 Å². The Labute approximate surface area is 145 Å². The molecule has 1 aromatic heterocycles. The number of urea groups is 1. The maximum absolute atomic E-state index is 12.7. The number of rotatable bonds is 6. The van der Waals surface area contributed by atoms with Crippen LogP contribution in [0.4, 0.5) is 4.79 Å². The van der Waals surface area contributed by atoms with Crippen LogP contribution in [0.1, 0.15) is 30.7 Å². The van der Waals surface area contributed by atoms with Crippen LogP contribution in [0.25, 0.3) is 0 Å². The van der Waals surface area contributed by atoms with Gasteiger partial charge in [0.2, 0.25) is 11.8 Å². The van der Waals surface area contributed by atoms with E-state index in [0.29, 0.717) is 18.7 Å². The van der Waals surface area contributed by atoms with E-state index in [1.807, 2.05) is 24.3 Å². The predicted molar refractivity (Wildman–Crippen MR) is 87.8 cm³/mol. The van der Waals surface area contributed by atoms with E-state index in [0.717, 1.165) is 16.2 Å². The van der Waals surface area contributed by atoms with E-state index in [1.54, 1.807) is 21.0 Å². The molecule has 132 valence electrons. The molecule has 8 nitrogen and oxygen atoms in total. The lowest BCUT2D eigenvalue weighted by Crippen LogP contribution is -2.44. The van der Waals surface area contributed by atoms with Crippen molar-refractivity contribution in [1.29, 1.82) is 0 Å². The maximum atomic E-state index is 12.7. The van der Waals surface area contributed by atoms with Crippen LogP contribution in [-0.4, -0.2) is 39.7 Å². The number of imide groups is 1. The van der Waals surface area contributed by atoms with Gasteiger partial charge in [-0.3, -0.25) is 9.69 Å². The van der Waals surface area contributed by atoms with Crippen LogP contribution in [-0.2, 0) is 17.8 Å². The number of aryl methyl sites for hydroxylation is 2. The molecule has 2 heterocycles. The Balaban J connectivity index is 1.66. The summed E-state index contributed by atoms with van der Waals surface area (Å²) in [4.78, 5) is 26.0. The first kappa shape index (κ1) is 16.9. The van der Waals surface area contributed by atoms with Crippen molar-refractivity contribution >= 4 is 11.9 Å². The molecule has 1 aliphatic rings. The molecule has 25 heavy (non-hydrogen) atoms. The summed E-state index contributed by atoms with van der Waals surface area (Å²) in [6.07, 6.45) is 1.14. The lowest BCUT2D eigenvalue weighted by Gasteiger charge is -2.21. The summed E-state index contributed by atoms with van der Waals surface area (Å²) in [5.41, 5.74) is 0.113. The van der Waals surface area contributed by atoms with E-state index in [2.05, 4.69) is 15.5 Å². The van der Waals surface area contributed by atoms with Crippen LogP contribution in [0.2, 0.25) is 0 Å². The highest BCUT2D eigenvalue weighted by Crippen LogP contribution is 2.25. The van der Waals surface area contributed by atoms with E-state index in [-0.39, 0.29) is 18.3 Å². The highest BCUT2D eigenvalue weighted by molar-refractivity contribution is 6.06. The SMILES string of the molecule is COc1ccc(CC[C@@]2(C)NC(=O)N(Cc3nnc(C)o3)C2=O)cc1. The molecule has 0 spiro atoms. The Kier molecular flexibility index (Phi) is 4.43. The van der Waals surface area contributed by atoms with E-state index >= 15 is 0 Å². The van der Waals surface area contributed by atoms with Gasteiger partial charge in [0, 0.05) is 6.92 Å². The number of amides is 3. The standard InChI is InChI=1S/C17H20N4O4/c1-11-19-20-14(25-11)10-21-15(22)17(2,18-16(21)23)9-8-12-4-6-13(24-3)7-5-12/h4-7H,8-10H2,1-3H3,(H,18,23)/t17-/m1/s1. The van der Waals surface area contributed by atoms with E-state index in [4.69, 9.17) is 9.15 Å². The molecular weight excluding hydrogens is 324 g/mol. The van der Waals surface area contributed by atoms with E-state index in [9.17, 15) is 9.59 Å². The van der Waals surface area contributed by atoms with Crippen molar-refractivity contribution < 1.29 is 18.7 Å². The molecule has 8 heteroatoms. The molecule has 0 saturated carbocycles. The van der Waals surface area contributed by atoms with Crippen molar-refractivity contribution in [3.63, 3.8) is 0 Å². The van der Waals surface area contributed by atoms with Crippen molar-refractivity contribution in [3.8, 4) is 5.75 Å². The highest BCUT2D eigenvalue weighted by atomic mass is 16.5. The number of benzene rings is 1. The van der Waals surface area contributed by atoms with E-state index in [1.165, 1.54) is 0 Å².